The number of hydrazine groups is 1. The first-order chi connectivity index (χ1) is 14.1. The second kappa shape index (κ2) is 21.1. The van der Waals surface area contributed by atoms with Crippen LogP contribution >= 0.6 is 38.2 Å². The van der Waals surface area contributed by atoms with Crippen LogP contribution in [0.15, 0.2) is 30.6 Å². The van der Waals surface area contributed by atoms with Crippen LogP contribution in [-0.4, -0.2) is 41.0 Å². The van der Waals surface area contributed by atoms with Crippen molar-refractivity contribution in [1.29, 1.82) is 0 Å². The quantitative estimate of drug-likeness (QED) is 0.281. The Kier molecular flexibility index (Phi) is 23.6. The summed E-state index contributed by atoms with van der Waals surface area (Å²) in [4.78, 5) is 5.53. The summed E-state index contributed by atoms with van der Waals surface area (Å²) >= 11 is -0.661. The van der Waals surface area contributed by atoms with Crippen molar-refractivity contribution in [1.82, 2.24) is 19.9 Å². The van der Waals surface area contributed by atoms with Gasteiger partial charge in [0, 0.05) is 26.5 Å². The van der Waals surface area contributed by atoms with Crippen LogP contribution in [0.2, 0.25) is 0 Å². The summed E-state index contributed by atoms with van der Waals surface area (Å²) in [5.74, 6) is 7.34. The molecule has 2 aliphatic rings. The van der Waals surface area contributed by atoms with Crippen molar-refractivity contribution in [2.45, 2.75) is 34.6 Å². The minimum Gasteiger partial charge on any atom is -0.265 e. The van der Waals surface area contributed by atoms with Crippen molar-refractivity contribution in [2.24, 2.45) is 0 Å². The molecule has 0 bridgehead atoms. The Morgan fingerprint density at radius 2 is 1.00 bits per heavy atom. The average molecular weight is 766 g/mol. The van der Waals surface area contributed by atoms with E-state index in [1.165, 1.54) is 29.6 Å². The van der Waals surface area contributed by atoms with Crippen LogP contribution in [0.25, 0.3) is 0 Å². The Balaban J connectivity index is 0. The summed E-state index contributed by atoms with van der Waals surface area (Å²) in [7, 11) is 25.1. The molecule has 0 atom stereocenters. The fraction of sp³-hybridized carbons (Fsp3) is 0.400. The van der Waals surface area contributed by atoms with Crippen molar-refractivity contribution in [2.75, 3.05) is 21.1 Å². The molecular weight excluding hydrogens is 737 g/mol. The van der Waals surface area contributed by atoms with Gasteiger partial charge in [0.1, 0.15) is 0 Å². The molecule has 3 rings (SSSR count). The standard InChI is InChI=1S/C10H15.C5H9N3.C5H5N.4ClH.Ir.Pd/c1-6-7(2)9(4)10(5)8(6)3;1-6-4-7(2)8(3)5-6;1-2-4-6-5-3-1;;;;;;/h1-5H3;1-3H3;1-5H;4*1H;;/q;;;;;;;+3;+2/p-4. The van der Waals surface area contributed by atoms with Crippen LogP contribution in [0.5, 0.6) is 0 Å². The Labute approximate surface area is 217 Å². The molecule has 2 fully saturated rings. The van der Waals surface area contributed by atoms with E-state index in [4.69, 9.17) is 38.2 Å². The molecule has 0 spiro atoms. The smallest absolute Gasteiger partial charge is 0.0267 e. The predicted molar refractivity (Wildman–Crippen MR) is 122 cm³/mol. The Bertz CT molecular complexity index is 412. The van der Waals surface area contributed by atoms with Gasteiger partial charge in [0.2, 0.25) is 0 Å². The van der Waals surface area contributed by atoms with E-state index in [2.05, 4.69) is 52.9 Å². The number of aromatic nitrogens is 1. The number of hydrogen-bond acceptors (Lipinski definition) is 4. The van der Waals surface area contributed by atoms with Crippen molar-refractivity contribution in [3.63, 3.8) is 0 Å². The molecule has 30 heavy (non-hydrogen) atoms. The summed E-state index contributed by atoms with van der Waals surface area (Å²) in [5, 5.41) is 3.64. The zero-order chi connectivity index (χ0) is 23.7. The molecule has 0 N–H and O–H groups in total. The second-order valence-corrected chi connectivity index (χ2v) is 11.9. The van der Waals surface area contributed by atoms with Crippen LogP contribution in [-0.2, 0) is 31.6 Å². The maximum absolute atomic E-state index is 4.89. The van der Waals surface area contributed by atoms with Crippen LogP contribution in [0.1, 0.15) is 34.6 Å². The van der Waals surface area contributed by atoms with E-state index in [9.17, 15) is 0 Å². The zero-order valence-electron chi connectivity index (χ0n) is 18.3. The molecule has 175 valence electrons. The topological polar surface area (TPSA) is 22.6 Å². The normalized spacial score (nSPS) is 19.9. The van der Waals surface area contributed by atoms with E-state index >= 15 is 0 Å². The van der Waals surface area contributed by atoms with Gasteiger partial charge in [0.15, 0.2) is 13.3 Å². The molecular formula is C20H29Cl4IrN4Pd+. The van der Waals surface area contributed by atoms with Gasteiger partial charge in [-0.25, -0.2) is 10.0 Å². The number of nitrogens with zero attached hydrogens (tertiary/aromatic N) is 4. The maximum Gasteiger partial charge on any atom is 0.0267 e. The monoisotopic (exact) mass is 764 g/mol. The molecule has 2 heterocycles. The fourth-order valence-electron chi connectivity index (χ4n) is 2.31. The molecule has 1 aliphatic carbocycles. The van der Waals surface area contributed by atoms with Crippen molar-refractivity contribution in [3.8, 4) is 0 Å². The minimum absolute atomic E-state index is 0.106. The summed E-state index contributed by atoms with van der Waals surface area (Å²) in [6.07, 6.45) is 3.50. The van der Waals surface area contributed by atoms with Crippen LogP contribution in [0.4, 0.5) is 0 Å². The average Bonchev–Trinajstić information content (AvgIpc) is 3.10. The Hall–Kier alpha value is 1.50. The molecule has 1 saturated heterocycles. The molecule has 0 unspecified atom stereocenters. The van der Waals surface area contributed by atoms with Gasteiger partial charge in [-0.1, -0.05) is 40.7 Å². The van der Waals surface area contributed by atoms with Gasteiger partial charge < -0.3 is 0 Å². The van der Waals surface area contributed by atoms with Crippen molar-refractivity contribution >= 4 is 38.2 Å². The van der Waals surface area contributed by atoms with Crippen LogP contribution in [0, 0.1) is 42.9 Å². The SMILES string of the molecule is CN1[C]N(C)N(C)[C]1.C[C]1[C](C)[C](C)[C](C)[C]1C.[Cl][Ir+][Cl].[Cl][Pd][Cl].c1ccncc1. The molecule has 1 aromatic rings. The second-order valence-electron chi connectivity index (χ2n) is 6.05. The minimum atomic E-state index is -0.556. The van der Waals surface area contributed by atoms with Crippen molar-refractivity contribution in [3.05, 3.63) is 73.5 Å². The Morgan fingerprint density at radius 3 is 1.10 bits per heavy atom. The van der Waals surface area contributed by atoms with Gasteiger partial charge in [-0.15, -0.1) is 0 Å². The van der Waals surface area contributed by atoms with Gasteiger partial charge in [0.25, 0.3) is 0 Å². The van der Waals surface area contributed by atoms with Gasteiger partial charge in [-0.3, -0.25) is 9.88 Å². The van der Waals surface area contributed by atoms with Gasteiger partial charge >= 0.3 is 69.8 Å². The van der Waals surface area contributed by atoms with Crippen LogP contribution < -0.4 is 0 Å². The molecule has 0 amide bonds. The van der Waals surface area contributed by atoms with E-state index in [1.54, 1.807) is 17.3 Å². The summed E-state index contributed by atoms with van der Waals surface area (Å²) in [5.41, 5.74) is 0. The number of halogens is 4. The third-order valence-electron chi connectivity index (χ3n) is 4.42. The summed E-state index contributed by atoms with van der Waals surface area (Å²) in [6, 6.07) is 5.72. The summed E-state index contributed by atoms with van der Waals surface area (Å²) < 4.78 is 0. The molecule has 1 saturated carbocycles. The zero-order valence-corrected chi connectivity index (χ0v) is 25.3. The molecule has 0 aromatic carbocycles. The number of rotatable bonds is 0. The largest absolute Gasteiger partial charge is 0.265 e. The Morgan fingerprint density at radius 1 is 0.733 bits per heavy atom. The number of pyridine rings is 1. The van der Waals surface area contributed by atoms with E-state index in [1.807, 2.05) is 49.4 Å². The first kappa shape index (κ1) is 33.7. The van der Waals surface area contributed by atoms with Crippen molar-refractivity contribution < 1.29 is 31.6 Å². The van der Waals surface area contributed by atoms with E-state index in [0.717, 1.165) is 0 Å². The molecule has 1 aromatic heterocycles. The first-order valence-corrected chi connectivity index (χ1v) is 18.5. The third-order valence-corrected chi connectivity index (χ3v) is 4.42. The first-order valence-electron chi connectivity index (χ1n) is 8.53. The van der Waals surface area contributed by atoms with Crippen LogP contribution in [0.3, 0.4) is 0 Å². The van der Waals surface area contributed by atoms with Gasteiger partial charge in [0.05, 0.1) is 0 Å². The van der Waals surface area contributed by atoms with Gasteiger partial charge in [-0.05, 0) is 48.8 Å². The van der Waals surface area contributed by atoms with E-state index < -0.39 is 15.7 Å². The third kappa shape index (κ3) is 15.4. The van der Waals surface area contributed by atoms with Gasteiger partial charge in [-0.2, -0.15) is 0 Å². The molecule has 9 radical (unpaired) electrons. The van der Waals surface area contributed by atoms with E-state index in [0.29, 0.717) is 0 Å². The fourth-order valence-corrected chi connectivity index (χ4v) is 2.31. The molecule has 4 nitrogen and oxygen atoms in total. The number of hydrogen-bond donors (Lipinski definition) is 0. The molecule has 1 aliphatic heterocycles. The molecule has 10 heteroatoms. The predicted octanol–water partition coefficient (Wildman–Crippen LogP) is 6.51. The maximum atomic E-state index is 4.89. The summed E-state index contributed by atoms with van der Waals surface area (Å²) in [6.45, 7) is 16.9. The van der Waals surface area contributed by atoms with E-state index in [-0.39, 0.29) is 15.9 Å².